The molecule has 162 valence electrons. The number of nitrogens with zero attached hydrogens (tertiary/aromatic N) is 2. The molecular formula is C27H32ClN2S+. The Balaban J connectivity index is 1.78. The van der Waals surface area contributed by atoms with E-state index < -0.39 is 0 Å². The average molecular weight is 452 g/mol. The molecule has 4 heteroatoms. The molecule has 2 aliphatic heterocycles. The molecule has 0 spiro atoms. The summed E-state index contributed by atoms with van der Waals surface area (Å²) < 4.78 is 2.50. The van der Waals surface area contributed by atoms with Gasteiger partial charge < -0.3 is 4.90 Å². The van der Waals surface area contributed by atoms with Crippen LogP contribution in [0.25, 0.3) is 0 Å². The summed E-state index contributed by atoms with van der Waals surface area (Å²) in [4.78, 5) is 2.45. The van der Waals surface area contributed by atoms with Crippen molar-refractivity contribution in [3.63, 3.8) is 0 Å². The number of hydrogen-bond donors (Lipinski definition) is 0. The number of hydrogen-bond acceptors (Lipinski definition) is 2. The van der Waals surface area contributed by atoms with Gasteiger partial charge in [-0.15, -0.1) is 11.8 Å². The fourth-order valence-electron chi connectivity index (χ4n) is 4.83. The van der Waals surface area contributed by atoms with E-state index in [9.17, 15) is 0 Å². The van der Waals surface area contributed by atoms with Crippen LogP contribution in [0, 0.1) is 0 Å². The Hall–Kier alpha value is -1.97. The monoisotopic (exact) mass is 451 g/mol. The van der Waals surface area contributed by atoms with Gasteiger partial charge in [-0.2, -0.15) is 4.58 Å². The molecule has 0 bridgehead atoms. The predicted octanol–water partition coefficient (Wildman–Crippen LogP) is 6.82. The number of thioether (sulfide) groups is 1. The van der Waals surface area contributed by atoms with Crippen LogP contribution in [0.15, 0.2) is 71.8 Å². The summed E-state index contributed by atoms with van der Waals surface area (Å²) >= 11 is 8.44. The van der Waals surface area contributed by atoms with Crippen molar-refractivity contribution >= 4 is 34.8 Å². The minimum Gasteiger partial charge on any atom is -0.366 e. The molecule has 0 aliphatic carbocycles. The molecule has 31 heavy (non-hydrogen) atoms. The van der Waals surface area contributed by atoms with Crippen LogP contribution in [-0.4, -0.2) is 40.6 Å². The molecule has 0 amide bonds. The van der Waals surface area contributed by atoms with E-state index in [-0.39, 0.29) is 5.41 Å². The molecular weight excluding hydrogens is 420 g/mol. The summed E-state index contributed by atoms with van der Waals surface area (Å²) in [6.45, 7) is 10.1. The van der Waals surface area contributed by atoms with E-state index >= 15 is 0 Å². The summed E-state index contributed by atoms with van der Waals surface area (Å²) in [5, 5.41) is 2.19. The van der Waals surface area contributed by atoms with Crippen molar-refractivity contribution < 1.29 is 4.58 Å². The van der Waals surface area contributed by atoms with E-state index in [0.29, 0.717) is 0 Å². The predicted molar refractivity (Wildman–Crippen MR) is 136 cm³/mol. The zero-order chi connectivity index (χ0) is 21.8. The van der Waals surface area contributed by atoms with E-state index in [2.05, 4.69) is 90.9 Å². The van der Waals surface area contributed by atoms with E-state index in [0.717, 1.165) is 37.5 Å². The molecule has 1 saturated heterocycles. The van der Waals surface area contributed by atoms with E-state index in [4.69, 9.17) is 11.6 Å². The summed E-state index contributed by atoms with van der Waals surface area (Å²) in [5.74, 6) is 1.18. The highest BCUT2D eigenvalue weighted by atomic mass is 35.5. The Morgan fingerprint density at radius 2 is 1.97 bits per heavy atom. The van der Waals surface area contributed by atoms with Gasteiger partial charge >= 0.3 is 0 Å². The van der Waals surface area contributed by atoms with Crippen LogP contribution in [0.2, 0.25) is 5.02 Å². The van der Waals surface area contributed by atoms with E-state index in [1.807, 2.05) is 17.8 Å². The first kappa shape index (κ1) is 22.2. The Bertz CT molecular complexity index is 1020. The van der Waals surface area contributed by atoms with Crippen molar-refractivity contribution in [1.29, 1.82) is 0 Å². The maximum atomic E-state index is 6.49. The van der Waals surface area contributed by atoms with Gasteiger partial charge in [0.05, 0.1) is 10.4 Å². The lowest BCUT2D eigenvalue weighted by Gasteiger charge is -2.23. The molecule has 1 atom stereocenters. The topological polar surface area (TPSA) is 6.25 Å². The first-order valence-corrected chi connectivity index (χ1v) is 12.7. The lowest BCUT2D eigenvalue weighted by molar-refractivity contribution is -0.437. The van der Waals surface area contributed by atoms with Crippen LogP contribution < -0.4 is 0 Å². The fourth-order valence-corrected chi connectivity index (χ4v) is 6.10. The van der Waals surface area contributed by atoms with Crippen LogP contribution >= 0.6 is 23.4 Å². The van der Waals surface area contributed by atoms with Crippen molar-refractivity contribution in [2.24, 2.45) is 0 Å². The van der Waals surface area contributed by atoms with Crippen LogP contribution in [-0.2, 0) is 11.8 Å². The highest BCUT2D eigenvalue weighted by molar-refractivity contribution is 8.03. The molecule has 2 nitrogen and oxygen atoms in total. The van der Waals surface area contributed by atoms with Gasteiger partial charge in [-0.25, -0.2) is 0 Å². The molecule has 0 aromatic heterocycles. The van der Waals surface area contributed by atoms with Gasteiger partial charge in [0.1, 0.15) is 6.54 Å². The maximum Gasteiger partial charge on any atom is 0.209 e. The van der Waals surface area contributed by atoms with Crippen molar-refractivity contribution in [2.75, 3.05) is 25.4 Å². The number of benzene rings is 2. The second-order valence-corrected chi connectivity index (χ2v) is 10.0. The van der Waals surface area contributed by atoms with Crippen molar-refractivity contribution in [3.8, 4) is 0 Å². The molecule has 1 fully saturated rings. The minimum absolute atomic E-state index is 0.126. The molecule has 2 aromatic carbocycles. The van der Waals surface area contributed by atoms with Gasteiger partial charge in [0.25, 0.3) is 0 Å². The van der Waals surface area contributed by atoms with Gasteiger partial charge in [-0.3, -0.25) is 0 Å². The molecule has 2 aromatic rings. The molecule has 0 saturated carbocycles. The van der Waals surface area contributed by atoms with Gasteiger partial charge in [-0.1, -0.05) is 54.9 Å². The Kier molecular flexibility index (Phi) is 6.93. The second kappa shape index (κ2) is 9.67. The highest BCUT2D eigenvalue weighted by Gasteiger charge is 2.47. The second-order valence-electron chi connectivity index (χ2n) is 8.48. The number of fused-ring (bicyclic) bond motifs is 1. The smallest absolute Gasteiger partial charge is 0.209 e. The van der Waals surface area contributed by atoms with Gasteiger partial charge in [-0.05, 0) is 44.0 Å². The average Bonchev–Trinajstić information content (AvgIpc) is 3.31. The minimum atomic E-state index is -0.126. The summed E-state index contributed by atoms with van der Waals surface area (Å²) in [5.41, 5.74) is 5.21. The maximum absolute atomic E-state index is 6.49. The number of halogens is 1. The van der Waals surface area contributed by atoms with Crippen molar-refractivity contribution in [1.82, 2.24) is 4.90 Å². The van der Waals surface area contributed by atoms with Gasteiger partial charge in [0, 0.05) is 48.0 Å². The third-order valence-electron chi connectivity index (χ3n) is 6.35. The number of allylic oxidation sites excluding steroid dienone is 3. The van der Waals surface area contributed by atoms with E-state index in [1.54, 1.807) is 0 Å². The first-order valence-electron chi connectivity index (χ1n) is 11.3. The van der Waals surface area contributed by atoms with Gasteiger partial charge in [0.2, 0.25) is 5.69 Å². The molecule has 0 radical (unpaired) electrons. The van der Waals surface area contributed by atoms with Gasteiger partial charge in [0.15, 0.2) is 5.71 Å². The molecule has 1 unspecified atom stereocenters. The third-order valence-corrected chi connectivity index (χ3v) is 7.66. The first-order chi connectivity index (χ1) is 15.1. The summed E-state index contributed by atoms with van der Waals surface area (Å²) in [6.07, 6.45) is 8.93. The molecule has 2 aliphatic rings. The van der Waals surface area contributed by atoms with Crippen LogP contribution in [0.5, 0.6) is 0 Å². The Morgan fingerprint density at radius 1 is 1.16 bits per heavy atom. The largest absolute Gasteiger partial charge is 0.366 e. The molecule has 4 rings (SSSR count). The zero-order valence-electron chi connectivity index (χ0n) is 18.8. The lowest BCUT2D eigenvalue weighted by Crippen LogP contribution is -2.33. The van der Waals surface area contributed by atoms with Crippen molar-refractivity contribution in [3.05, 3.63) is 87.9 Å². The fraction of sp³-hybridized carbons (Fsp3) is 0.370. The SMILES string of the molecule is CCC[N+]1=C(/C=C/C=C2\SCCN2CC)C(C)(Cc2ccccc2)c2cc(Cl)ccc21. The lowest BCUT2D eigenvalue weighted by atomic mass is 9.74. The molecule has 0 N–H and O–H groups in total. The van der Waals surface area contributed by atoms with Crippen molar-refractivity contribution in [2.45, 2.75) is 39.0 Å². The van der Waals surface area contributed by atoms with E-state index in [1.165, 1.54) is 33.3 Å². The Morgan fingerprint density at radius 3 is 2.71 bits per heavy atom. The third kappa shape index (κ3) is 4.49. The zero-order valence-corrected chi connectivity index (χ0v) is 20.3. The number of rotatable bonds is 7. The Labute approximate surface area is 196 Å². The summed E-state index contributed by atoms with van der Waals surface area (Å²) in [6, 6.07) is 17.2. The van der Waals surface area contributed by atoms with Crippen LogP contribution in [0.3, 0.4) is 0 Å². The highest BCUT2D eigenvalue weighted by Crippen LogP contribution is 2.43. The quantitative estimate of drug-likeness (QED) is 0.426. The standard InChI is InChI=1S/C27H32ClN2S/c1-4-16-30-24-15-14-22(28)19-23(24)27(3,20-21-10-7-6-8-11-21)25(30)12-9-13-26-29(5-2)17-18-31-26/h6-15,19H,4-5,16-18,20H2,1-3H3/q+1. The van der Waals surface area contributed by atoms with Crippen LogP contribution in [0.4, 0.5) is 5.69 Å². The molecule has 2 heterocycles. The summed E-state index contributed by atoms with van der Waals surface area (Å²) in [7, 11) is 0. The van der Waals surface area contributed by atoms with Crippen LogP contribution in [0.1, 0.15) is 38.3 Å². The normalized spacial score (nSPS) is 22.2.